The first-order valence-corrected chi connectivity index (χ1v) is 7.35. The van der Waals surface area contributed by atoms with Crippen molar-refractivity contribution >= 4 is 34.3 Å². The molecule has 106 valence electrons. The van der Waals surface area contributed by atoms with Crippen LogP contribution >= 0.6 is 11.3 Å². The van der Waals surface area contributed by atoms with Crippen LogP contribution in [0.15, 0.2) is 11.6 Å². The zero-order valence-electron chi connectivity index (χ0n) is 11.4. The molecule has 1 N–H and O–H groups in total. The van der Waals surface area contributed by atoms with Gasteiger partial charge >= 0.3 is 0 Å². The van der Waals surface area contributed by atoms with Gasteiger partial charge in [-0.15, -0.1) is 11.3 Å². The fourth-order valence-corrected chi connectivity index (χ4v) is 3.48. The molecule has 0 saturated carbocycles. The maximum absolute atomic E-state index is 12.0. The normalized spacial score (nSPS) is 22.4. The Morgan fingerprint density at radius 2 is 2.40 bits per heavy atom. The number of imidazole rings is 1. The number of carbonyl (C=O) groups excluding carboxylic acids is 2. The average molecular weight is 292 g/mol. The lowest BCUT2D eigenvalue weighted by molar-refractivity contribution is -0.128. The second-order valence-electron chi connectivity index (χ2n) is 5.31. The summed E-state index contributed by atoms with van der Waals surface area (Å²) in [6.07, 6.45) is 3.43. The number of nitrogens with zero attached hydrogens (tertiary/aromatic N) is 3. The van der Waals surface area contributed by atoms with Crippen LogP contribution < -0.4 is 10.2 Å². The van der Waals surface area contributed by atoms with Gasteiger partial charge in [0.25, 0.3) is 0 Å². The van der Waals surface area contributed by atoms with E-state index in [0.717, 1.165) is 24.2 Å². The molecule has 1 aliphatic rings. The Kier molecular flexibility index (Phi) is 3.01. The molecular formula is C13H16N4O2S. The number of amides is 1. The van der Waals surface area contributed by atoms with Crippen molar-refractivity contribution in [2.45, 2.75) is 13.3 Å². The van der Waals surface area contributed by atoms with Crippen LogP contribution in [0.5, 0.6) is 0 Å². The number of hydrogen-bond donors (Lipinski definition) is 1. The van der Waals surface area contributed by atoms with E-state index in [4.69, 9.17) is 0 Å². The monoisotopic (exact) mass is 292 g/mol. The Morgan fingerprint density at radius 1 is 1.60 bits per heavy atom. The second-order valence-corrected chi connectivity index (χ2v) is 6.18. The van der Waals surface area contributed by atoms with E-state index in [9.17, 15) is 9.59 Å². The van der Waals surface area contributed by atoms with Gasteiger partial charge in [-0.1, -0.05) is 0 Å². The molecule has 2 aromatic rings. The summed E-state index contributed by atoms with van der Waals surface area (Å²) in [6, 6.07) is 0. The number of anilines is 1. The van der Waals surface area contributed by atoms with Crippen LogP contribution in [0.25, 0.3) is 4.96 Å². The van der Waals surface area contributed by atoms with Gasteiger partial charge in [-0.25, -0.2) is 4.98 Å². The Hall–Kier alpha value is -1.89. The van der Waals surface area contributed by atoms with E-state index in [1.807, 2.05) is 23.4 Å². The molecule has 3 heterocycles. The highest BCUT2D eigenvalue weighted by Gasteiger charge is 2.41. The van der Waals surface area contributed by atoms with Gasteiger partial charge in [-0.2, -0.15) is 0 Å². The van der Waals surface area contributed by atoms with Crippen molar-refractivity contribution in [2.24, 2.45) is 5.41 Å². The number of aromatic nitrogens is 2. The van der Waals surface area contributed by atoms with Crippen molar-refractivity contribution in [1.29, 1.82) is 0 Å². The number of thiazole rings is 1. The maximum Gasteiger partial charge on any atom is 0.227 e. The highest BCUT2D eigenvalue weighted by molar-refractivity contribution is 7.15. The molecule has 1 saturated heterocycles. The van der Waals surface area contributed by atoms with E-state index in [-0.39, 0.29) is 5.91 Å². The summed E-state index contributed by atoms with van der Waals surface area (Å²) in [5, 5.41) is 4.61. The molecule has 0 aliphatic carbocycles. The molecule has 1 amide bonds. The molecule has 6 nitrogen and oxygen atoms in total. The minimum absolute atomic E-state index is 0.0358. The highest BCUT2D eigenvalue weighted by Crippen LogP contribution is 2.34. The van der Waals surface area contributed by atoms with Crippen LogP contribution in [0.2, 0.25) is 0 Å². The van der Waals surface area contributed by atoms with Crippen LogP contribution in [-0.2, 0) is 4.79 Å². The summed E-state index contributed by atoms with van der Waals surface area (Å²) in [4.78, 5) is 30.7. The summed E-state index contributed by atoms with van der Waals surface area (Å²) in [5.41, 5.74) is 0.133. The molecule has 20 heavy (non-hydrogen) atoms. The van der Waals surface area contributed by atoms with Gasteiger partial charge in [0.2, 0.25) is 5.91 Å². The first-order chi connectivity index (χ1) is 9.59. The first-order valence-electron chi connectivity index (χ1n) is 6.47. The molecule has 0 spiro atoms. The van der Waals surface area contributed by atoms with Crippen molar-refractivity contribution in [3.05, 3.63) is 17.3 Å². The Bertz CT molecular complexity index is 677. The minimum atomic E-state index is -0.425. The number of aldehydes is 1. The first kappa shape index (κ1) is 13.1. The zero-order valence-corrected chi connectivity index (χ0v) is 12.2. The quantitative estimate of drug-likeness (QED) is 0.862. The van der Waals surface area contributed by atoms with E-state index >= 15 is 0 Å². The van der Waals surface area contributed by atoms with E-state index in [2.05, 4.69) is 10.3 Å². The van der Waals surface area contributed by atoms with Gasteiger partial charge in [0, 0.05) is 31.7 Å². The largest absolute Gasteiger partial charge is 0.359 e. The van der Waals surface area contributed by atoms with Gasteiger partial charge in [0.05, 0.1) is 5.41 Å². The molecule has 1 aliphatic heterocycles. The molecule has 1 unspecified atom stereocenters. The molecule has 0 radical (unpaired) electrons. The Labute approximate surface area is 120 Å². The molecule has 1 atom stereocenters. The minimum Gasteiger partial charge on any atom is -0.359 e. The number of hydrogen-bond acceptors (Lipinski definition) is 5. The highest BCUT2D eigenvalue weighted by atomic mass is 32.1. The lowest BCUT2D eigenvalue weighted by Gasteiger charge is -2.22. The van der Waals surface area contributed by atoms with Gasteiger partial charge in [-0.05, 0) is 13.3 Å². The fourth-order valence-electron chi connectivity index (χ4n) is 2.76. The second kappa shape index (κ2) is 4.59. The maximum atomic E-state index is 12.0. The summed E-state index contributed by atoms with van der Waals surface area (Å²) >= 11 is 1.49. The molecule has 0 bridgehead atoms. The van der Waals surface area contributed by atoms with Gasteiger partial charge in [-0.3, -0.25) is 14.0 Å². The number of rotatable bonds is 3. The molecule has 0 aromatic carbocycles. The van der Waals surface area contributed by atoms with E-state index in [1.165, 1.54) is 11.3 Å². The average Bonchev–Trinajstić information content (AvgIpc) is 3.11. The fraction of sp³-hybridized carbons (Fsp3) is 0.462. The topological polar surface area (TPSA) is 66.7 Å². The standard InChI is InChI=1S/C13H16N4O2S/c1-13(11(19)14-2)3-4-16(8-13)10-9(7-18)17-5-6-20-12(17)15-10/h5-7H,3-4,8H2,1-2H3,(H,14,19). The van der Waals surface area contributed by atoms with E-state index in [1.54, 1.807) is 11.4 Å². The van der Waals surface area contributed by atoms with Gasteiger partial charge in [0.15, 0.2) is 17.1 Å². The van der Waals surface area contributed by atoms with Crippen LogP contribution in [-0.4, -0.2) is 41.7 Å². The summed E-state index contributed by atoms with van der Waals surface area (Å²) < 4.78 is 1.79. The predicted octanol–water partition coefficient (Wildman–Crippen LogP) is 1.17. The van der Waals surface area contributed by atoms with Crippen molar-refractivity contribution in [3.8, 4) is 0 Å². The summed E-state index contributed by atoms with van der Waals surface area (Å²) in [5.74, 6) is 0.716. The SMILES string of the molecule is CNC(=O)C1(C)CCN(c2nc3sccn3c2C=O)C1. The molecule has 3 rings (SSSR count). The number of carbonyl (C=O) groups is 2. The number of fused-ring (bicyclic) bond motifs is 1. The Balaban J connectivity index is 1.95. The van der Waals surface area contributed by atoms with Crippen LogP contribution in [0.4, 0.5) is 5.82 Å². The van der Waals surface area contributed by atoms with Crippen molar-refractivity contribution in [1.82, 2.24) is 14.7 Å². The Morgan fingerprint density at radius 3 is 3.10 bits per heavy atom. The molecule has 1 fully saturated rings. The van der Waals surface area contributed by atoms with Crippen LogP contribution in [0.3, 0.4) is 0 Å². The third kappa shape index (κ3) is 1.81. The van der Waals surface area contributed by atoms with E-state index in [0.29, 0.717) is 18.1 Å². The van der Waals surface area contributed by atoms with Gasteiger partial charge < -0.3 is 10.2 Å². The van der Waals surface area contributed by atoms with Crippen molar-refractivity contribution in [2.75, 3.05) is 25.0 Å². The molecule has 7 heteroatoms. The predicted molar refractivity (Wildman–Crippen MR) is 77.5 cm³/mol. The lowest BCUT2D eigenvalue weighted by atomic mass is 9.89. The van der Waals surface area contributed by atoms with Crippen LogP contribution in [0, 0.1) is 5.41 Å². The number of nitrogens with one attached hydrogen (secondary N) is 1. The van der Waals surface area contributed by atoms with Crippen molar-refractivity contribution in [3.63, 3.8) is 0 Å². The molecule has 2 aromatic heterocycles. The third-order valence-corrected chi connectivity index (χ3v) is 4.70. The smallest absolute Gasteiger partial charge is 0.227 e. The third-order valence-electron chi connectivity index (χ3n) is 3.94. The summed E-state index contributed by atoms with van der Waals surface area (Å²) in [6.45, 7) is 3.26. The lowest BCUT2D eigenvalue weighted by Crippen LogP contribution is -2.39. The van der Waals surface area contributed by atoms with Crippen molar-refractivity contribution < 1.29 is 9.59 Å². The van der Waals surface area contributed by atoms with E-state index < -0.39 is 5.41 Å². The zero-order chi connectivity index (χ0) is 14.3. The summed E-state index contributed by atoms with van der Waals surface area (Å²) in [7, 11) is 1.65. The van der Waals surface area contributed by atoms with Crippen LogP contribution in [0.1, 0.15) is 23.8 Å². The molecular weight excluding hydrogens is 276 g/mol. The van der Waals surface area contributed by atoms with Gasteiger partial charge in [0.1, 0.15) is 5.69 Å².